The van der Waals surface area contributed by atoms with Gasteiger partial charge in [-0.05, 0) is 44.4 Å². The zero-order chi connectivity index (χ0) is 19.9. The summed E-state index contributed by atoms with van der Waals surface area (Å²) in [4.78, 5) is 33.9. The van der Waals surface area contributed by atoms with Gasteiger partial charge in [-0.2, -0.15) is 0 Å². The fourth-order valence-corrected chi connectivity index (χ4v) is 3.10. The molecule has 3 aromatic rings. The van der Waals surface area contributed by atoms with Crippen LogP contribution in [0.25, 0.3) is 10.9 Å². The lowest BCUT2D eigenvalue weighted by atomic mass is 10.1. The Morgan fingerprint density at radius 3 is 2.57 bits per heavy atom. The number of rotatable bonds is 7. The Morgan fingerprint density at radius 2 is 1.82 bits per heavy atom. The first-order valence-electron chi connectivity index (χ1n) is 9.54. The molecule has 5 heteroatoms. The Labute approximate surface area is 164 Å². The predicted octanol–water partition coefficient (Wildman–Crippen LogP) is 3.85. The van der Waals surface area contributed by atoms with Gasteiger partial charge in [0.2, 0.25) is 5.91 Å². The molecule has 2 aromatic carbocycles. The molecule has 0 aliphatic carbocycles. The molecule has 1 amide bonds. The molecule has 1 aromatic heterocycles. The maximum absolute atomic E-state index is 12.7. The summed E-state index contributed by atoms with van der Waals surface area (Å²) in [6, 6.07) is 17.4. The highest BCUT2D eigenvalue weighted by atomic mass is 16.2. The Hall–Kier alpha value is -3.21. The summed E-state index contributed by atoms with van der Waals surface area (Å²) in [7, 11) is 0. The first-order chi connectivity index (χ1) is 13.6. The van der Waals surface area contributed by atoms with Crippen molar-refractivity contribution in [1.29, 1.82) is 0 Å². The van der Waals surface area contributed by atoms with Crippen LogP contribution in [0.3, 0.4) is 0 Å². The van der Waals surface area contributed by atoms with Crippen LogP contribution < -0.4 is 5.56 Å². The van der Waals surface area contributed by atoms with Gasteiger partial charge in [0.05, 0.1) is 17.4 Å². The Kier molecular flexibility index (Phi) is 6.37. The van der Waals surface area contributed by atoms with Crippen molar-refractivity contribution in [2.45, 2.75) is 33.2 Å². The number of aromatic nitrogens is 2. The van der Waals surface area contributed by atoms with Crippen molar-refractivity contribution < 1.29 is 4.79 Å². The second-order valence-corrected chi connectivity index (χ2v) is 6.86. The highest BCUT2D eigenvalue weighted by Crippen LogP contribution is 2.11. The van der Waals surface area contributed by atoms with Gasteiger partial charge in [-0.25, -0.2) is 4.98 Å². The number of aromatic amines is 1. The lowest BCUT2D eigenvalue weighted by Crippen LogP contribution is -2.30. The number of H-pyrrole nitrogens is 1. The Balaban J connectivity index is 1.68. The molecule has 28 heavy (non-hydrogen) atoms. The van der Waals surface area contributed by atoms with Crippen molar-refractivity contribution in [3.05, 3.63) is 88.0 Å². The number of hydrogen-bond acceptors (Lipinski definition) is 3. The number of nitrogens with one attached hydrogen (secondary N) is 1. The smallest absolute Gasteiger partial charge is 0.258 e. The van der Waals surface area contributed by atoms with E-state index in [0.717, 1.165) is 18.4 Å². The largest absolute Gasteiger partial charge is 0.332 e. The summed E-state index contributed by atoms with van der Waals surface area (Å²) < 4.78 is 0. The molecule has 0 unspecified atom stereocenters. The Morgan fingerprint density at radius 1 is 1.11 bits per heavy atom. The van der Waals surface area contributed by atoms with E-state index >= 15 is 0 Å². The van der Waals surface area contributed by atoms with Gasteiger partial charge in [0.15, 0.2) is 0 Å². The number of amides is 1. The van der Waals surface area contributed by atoms with Gasteiger partial charge in [-0.1, -0.05) is 48.0 Å². The lowest BCUT2D eigenvalue weighted by molar-refractivity contribution is -0.126. The number of aryl methyl sites for hydroxylation is 1. The van der Waals surface area contributed by atoms with Crippen LogP contribution in [0.2, 0.25) is 0 Å². The molecule has 0 bridgehead atoms. The molecule has 0 fully saturated rings. The molecular weight excluding hydrogens is 350 g/mol. The number of para-hydroxylation sites is 1. The van der Waals surface area contributed by atoms with Crippen molar-refractivity contribution in [2.24, 2.45) is 0 Å². The van der Waals surface area contributed by atoms with Gasteiger partial charge in [-0.15, -0.1) is 0 Å². The number of nitrogens with zero attached hydrogens (tertiary/aromatic N) is 2. The molecule has 0 aliphatic heterocycles. The summed E-state index contributed by atoms with van der Waals surface area (Å²) in [5, 5.41) is 0.553. The average Bonchev–Trinajstić information content (AvgIpc) is 2.71. The molecular formula is C23H25N3O2. The summed E-state index contributed by atoms with van der Waals surface area (Å²) in [5.41, 5.74) is 2.75. The average molecular weight is 375 g/mol. The first kappa shape index (κ1) is 19.5. The molecule has 1 heterocycles. The van der Waals surface area contributed by atoms with Crippen molar-refractivity contribution in [1.82, 2.24) is 14.9 Å². The van der Waals surface area contributed by atoms with E-state index in [1.54, 1.807) is 23.1 Å². The third-order valence-electron chi connectivity index (χ3n) is 4.72. The van der Waals surface area contributed by atoms with Crippen molar-refractivity contribution >= 4 is 16.8 Å². The molecule has 0 saturated carbocycles. The monoisotopic (exact) mass is 375 g/mol. The summed E-state index contributed by atoms with van der Waals surface area (Å²) in [6.07, 6.45) is 3.42. The molecule has 1 N–H and O–H groups in total. The van der Waals surface area contributed by atoms with Crippen LogP contribution in [0, 0.1) is 0 Å². The minimum Gasteiger partial charge on any atom is -0.332 e. The van der Waals surface area contributed by atoms with Crippen molar-refractivity contribution in [3.8, 4) is 0 Å². The fraction of sp³-hybridized carbons (Fsp3) is 0.261. The quantitative estimate of drug-likeness (QED) is 0.638. The molecule has 0 radical (unpaired) electrons. The lowest BCUT2D eigenvalue weighted by Gasteiger charge is -2.19. The number of hydrogen-bond donors (Lipinski definition) is 1. The van der Waals surface area contributed by atoms with Gasteiger partial charge in [0.25, 0.3) is 5.56 Å². The molecule has 0 spiro atoms. The first-order valence-corrected chi connectivity index (χ1v) is 9.54. The molecule has 144 valence electrons. The predicted molar refractivity (Wildman–Crippen MR) is 112 cm³/mol. The van der Waals surface area contributed by atoms with E-state index in [1.807, 2.05) is 44.2 Å². The van der Waals surface area contributed by atoms with Gasteiger partial charge in [-0.3, -0.25) is 9.59 Å². The number of carbonyl (C=O) groups excluding carboxylic acids is 1. The Bertz CT molecular complexity index is 1040. The van der Waals surface area contributed by atoms with Gasteiger partial charge >= 0.3 is 0 Å². The van der Waals surface area contributed by atoms with E-state index in [1.165, 1.54) is 5.56 Å². The number of likely N-dealkylation sites (N-methyl/N-ethyl adjacent to an activating group) is 1. The van der Waals surface area contributed by atoms with Gasteiger partial charge in [0, 0.05) is 12.6 Å². The SMILES string of the molecule is CCN(Cc1nc2ccccc2c(=O)[nH]1)C(=O)C=C(C)CCc1ccccc1. The van der Waals surface area contributed by atoms with E-state index in [0.29, 0.717) is 23.3 Å². The van der Waals surface area contributed by atoms with Gasteiger partial charge < -0.3 is 9.88 Å². The zero-order valence-corrected chi connectivity index (χ0v) is 16.3. The highest BCUT2D eigenvalue weighted by Gasteiger charge is 2.13. The highest BCUT2D eigenvalue weighted by molar-refractivity contribution is 5.88. The number of fused-ring (bicyclic) bond motifs is 1. The normalized spacial score (nSPS) is 11.6. The van der Waals surface area contributed by atoms with Crippen molar-refractivity contribution in [3.63, 3.8) is 0 Å². The summed E-state index contributed by atoms with van der Waals surface area (Å²) >= 11 is 0. The number of allylic oxidation sites excluding steroid dienone is 1. The van der Waals surface area contributed by atoms with Crippen LogP contribution in [-0.4, -0.2) is 27.3 Å². The zero-order valence-electron chi connectivity index (χ0n) is 16.3. The number of carbonyl (C=O) groups is 1. The third kappa shape index (κ3) is 4.94. The standard InChI is InChI=1S/C23H25N3O2/c1-3-26(16-21-24-20-12-8-7-11-19(20)23(28)25-21)22(27)15-17(2)13-14-18-9-5-4-6-10-18/h4-12,15H,3,13-14,16H2,1-2H3,(H,24,25,28). The molecule has 0 atom stereocenters. The van der Waals surface area contributed by atoms with Crippen LogP contribution in [0.5, 0.6) is 0 Å². The fourth-order valence-electron chi connectivity index (χ4n) is 3.10. The van der Waals surface area contributed by atoms with Crippen molar-refractivity contribution in [2.75, 3.05) is 6.54 Å². The maximum atomic E-state index is 12.7. The topological polar surface area (TPSA) is 66.1 Å². The molecule has 3 rings (SSSR count). The minimum absolute atomic E-state index is 0.0659. The molecule has 5 nitrogen and oxygen atoms in total. The van der Waals surface area contributed by atoms with E-state index in [4.69, 9.17) is 0 Å². The third-order valence-corrected chi connectivity index (χ3v) is 4.72. The minimum atomic E-state index is -0.182. The van der Waals surface area contributed by atoms with Crippen LogP contribution in [0.15, 0.2) is 71.0 Å². The van der Waals surface area contributed by atoms with Crippen LogP contribution in [0.4, 0.5) is 0 Å². The molecule has 0 saturated heterocycles. The van der Waals surface area contributed by atoms with E-state index in [-0.39, 0.29) is 18.0 Å². The summed E-state index contributed by atoms with van der Waals surface area (Å²) in [5.74, 6) is 0.429. The van der Waals surface area contributed by atoms with E-state index in [2.05, 4.69) is 22.1 Å². The summed E-state index contributed by atoms with van der Waals surface area (Å²) in [6.45, 7) is 4.71. The second kappa shape index (κ2) is 9.13. The maximum Gasteiger partial charge on any atom is 0.258 e. The van der Waals surface area contributed by atoms with Crippen LogP contribution in [0.1, 0.15) is 31.7 Å². The van der Waals surface area contributed by atoms with E-state index < -0.39 is 0 Å². The van der Waals surface area contributed by atoms with Crippen LogP contribution in [-0.2, 0) is 17.8 Å². The molecule has 0 aliphatic rings. The van der Waals surface area contributed by atoms with E-state index in [9.17, 15) is 9.59 Å². The number of benzene rings is 2. The van der Waals surface area contributed by atoms with Gasteiger partial charge in [0.1, 0.15) is 5.82 Å². The second-order valence-electron chi connectivity index (χ2n) is 6.86. The van der Waals surface area contributed by atoms with Crippen LogP contribution >= 0.6 is 0 Å².